The summed E-state index contributed by atoms with van der Waals surface area (Å²) in [6.07, 6.45) is 2.33. The molecular weight excluding hydrogens is 402 g/mol. The molecule has 31 heavy (non-hydrogen) atoms. The molecule has 1 aliphatic heterocycles. The zero-order chi connectivity index (χ0) is 22.1. The highest BCUT2D eigenvalue weighted by molar-refractivity contribution is 5.94. The fourth-order valence-corrected chi connectivity index (χ4v) is 3.05. The van der Waals surface area contributed by atoms with Crippen LogP contribution in [0.5, 0.6) is 0 Å². The maximum Gasteiger partial charge on any atom is 0.331 e. The van der Waals surface area contributed by atoms with Gasteiger partial charge < -0.3 is 14.8 Å². The number of para-hydroxylation sites is 1. The van der Waals surface area contributed by atoms with Crippen LogP contribution in [-0.2, 0) is 25.6 Å². The number of rotatable bonds is 8. The molecule has 2 aromatic rings. The van der Waals surface area contributed by atoms with Gasteiger partial charge in [-0.25, -0.2) is 4.79 Å². The lowest BCUT2D eigenvalue weighted by Gasteiger charge is -2.26. The van der Waals surface area contributed by atoms with Crippen LogP contribution in [0.25, 0.3) is 6.08 Å². The second-order valence-electron chi connectivity index (χ2n) is 6.89. The molecule has 0 atom stereocenters. The summed E-state index contributed by atoms with van der Waals surface area (Å²) in [6, 6.07) is 13.5. The van der Waals surface area contributed by atoms with E-state index < -0.39 is 23.4 Å². The van der Waals surface area contributed by atoms with E-state index in [0.717, 1.165) is 44.5 Å². The molecule has 1 fully saturated rings. The number of anilines is 1. The number of hydrogen-bond donors (Lipinski definition) is 1. The number of benzene rings is 2. The van der Waals surface area contributed by atoms with Crippen LogP contribution in [0.4, 0.5) is 11.4 Å². The summed E-state index contributed by atoms with van der Waals surface area (Å²) in [5.41, 5.74) is 1.88. The van der Waals surface area contributed by atoms with Crippen molar-refractivity contribution in [2.24, 2.45) is 0 Å². The Kier molecular flexibility index (Phi) is 7.85. The first kappa shape index (κ1) is 22.1. The van der Waals surface area contributed by atoms with Crippen molar-refractivity contribution in [2.75, 3.05) is 38.2 Å². The molecular formula is C22H23N3O6. The Labute approximate surface area is 179 Å². The summed E-state index contributed by atoms with van der Waals surface area (Å²) in [6.45, 7) is 3.64. The summed E-state index contributed by atoms with van der Waals surface area (Å²) in [5, 5.41) is 13.6. The number of amides is 1. The number of nitro groups is 1. The standard InChI is InChI=1S/C22H23N3O6/c26-21(16-31-22(27)10-7-18-3-1-2-4-20(18)25(28)29)23-19-8-5-17(6-9-19)15-24-11-13-30-14-12-24/h1-10H,11-16H2,(H,23,26)/b10-7+. The lowest BCUT2D eigenvalue weighted by atomic mass is 10.1. The summed E-state index contributed by atoms with van der Waals surface area (Å²) >= 11 is 0. The molecule has 0 saturated carbocycles. The fraction of sp³-hybridized carbons (Fsp3) is 0.273. The van der Waals surface area contributed by atoms with Crippen LogP contribution >= 0.6 is 0 Å². The van der Waals surface area contributed by atoms with Crippen molar-refractivity contribution in [1.82, 2.24) is 4.90 Å². The minimum Gasteiger partial charge on any atom is -0.452 e. The third-order valence-electron chi connectivity index (χ3n) is 4.63. The van der Waals surface area contributed by atoms with Crippen LogP contribution in [0.3, 0.4) is 0 Å². The van der Waals surface area contributed by atoms with Gasteiger partial charge in [0.2, 0.25) is 0 Å². The smallest absolute Gasteiger partial charge is 0.331 e. The summed E-state index contributed by atoms with van der Waals surface area (Å²) in [7, 11) is 0. The topological polar surface area (TPSA) is 111 Å². The molecule has 1 N–H and O–H groups in total. The summed E-state index contributed by atoms with van der Waals surface area (Å²) < 4.78 is 10.2. The molecule has 162 valence electrons. The highest BCUT2D eigenvalue weighted by atomic mass is 16.6. The third-order valence-corrected chi connectivity index (χ3v) is 4.63. The van der Waals surface area contributed by atoms with Gasteiger partial charge in [-0.05, 0) is 29.8 Å². The number of morpholine rings is 1. The van der Waals surface area contributed by atoms with Crippen LogP contribution in [0, 0.1) is 10.1 Å². The Balaban J connectivity index is 1.44. The normalized spacial score (nSPS) is 14.3. The zero-order valence-electron chi connectivity index (χ0n) is 16.9. The Morgan fingerprint density at radius 3 is 2.55 bits per heavy atom. The molecule has 3 rings (SSSR count). The molecule has 0 spiro atoms. The van der Waals surface area contributed by atoms with Crippen molar-refractivity contribution < 1.29 is 24.0 Å². The molecule has 2 aromatic carbocycles. The SMILES string of the molecule is O=C(COC(=O)/C=C/c1ccccc1[N+](=O)[O-])Nc1ccc(CN2CCOCC2)cc1. The lowest BCUT2D eigenvalue weighted by Crippen LogP contribution is -2.35. The van der Waals surface area contributed by atoms with Crippen molar-refractivity contribution in [3.8, 4) is 0 Å². The third kappa shape index (κ3) is 7.02. The molecule has 0 radical (unpaired) electrons. The van der Waals surface area contributed by atoms with Gasteiger partial charge in [-0.3, -0.25) is 19.8 Å². The molecule has 0 bridgehead atoms. The van der Waals surface area contributed by atoms with Crippen LogP contribution in [-0.4, -0.2) is 54.6 Å². The Morgan fingerprint density at radius 2 is 1.84 bits per heavy atom. The number of nitrogens with zero attached hydrogens (tertiary/aromatic N) is 2. The zero-order valence-corrected chi connectivity index (χ0v) is 16.9. The van der Waals surface area contributed by atoms with E-state index in [2.05, 4.69) is 10.2 Å². The van der Waals surface area contributed by atoms with E-state index in [1.807, 2.05) is 12.1 Å². The Bertz CT molecular complexity index is 952. The van der Waals surface area contributed by atoms with Crippen LogP contribution in [0.2, 0.25) is 0 Å². The monoisotopic (exact) mass is 425 g/mol. The average Bonchev–Trinajstić information content (AvgIpc) is 2.78. The highest BCUT2D eigenvalue weighted by Crippen LogP contribution is 2.19. The van der Waals surface area contributed by atoms with E-state index in [4.69, 9.17) is 9.47 Å². The first-order valence-corrected chi connectivity index (χ1v) is 9.78. The minimum atomic E-state index is -0.769. The van der Waals surface area contributed by atoms with Crippen molar-refractivity contribution in [2.45, 2.75) is 6.54 Å². The first-order valence-electron chi connectivity index (χ1n) is 9.78. The van der Waals surface area contributed by atoms with Crippen LogP contribution < -0.4 is 5.32 Å². The van der Waals surface area contributed by atoms with Gasteiger partial charge in [-0.15, -0.1) is 0 Å². The highest BCUT2D eigenvalue weighted by Gasteiger charge is 2.12. The van der Waals surface area contributed by atoms with Crippen molar-refractivity contribution in [1.29, 1.82) is 0 Å². The predicted octanol–water partition coefficient (Wildman–Crippen LogP) is 2.62. The minimum absolute atomic E-state index is 0.124. The number of esters is 1. The molecule has 1 saturated heterocycles. The molecule has 1 aliphatic rings. The van der Waals surface area contributed by atoms with Gasteiger partial charge in [0.15, 0.2) is 6.61 Å². The van der Waals surface area contributed by atoms with Crippen LogP contribution in [0.1, 0.15) is 11.1 Å². The molecule has 0 aliphatic carbocycles. The number of nitro benzene ring substituents is 1. The van der Waals surface area contributed by atoms with E-state index in [1.165, 1.54) is 24.3 Å². The van der Waals surface area contributed by atoms with Crippen molar-refractivity contribution in [3.05, 3.63) is 75.8 Å². The molecule has 1 amide bonds. The molecule has 9 heteroatoms. The number of ether oxygens (including phenoxy) is 2. The maximum atomic E-state index is 12.0. The van der Waals surface area contributed by atoms with Gasteiger partial charge >= 0.3 is 5.97 Å². The summed E-state index contributed by atoms with van der Waals surface area (Å²) in [4.78, 5) is 36.6. The fourth-order valence-electron chi connectivity index (χ4n) is 3.05. The Hall–Kier alpha value is -3.56. The molecule has 9 nitrogen and oxygen atoms in total. The first-order chi connectivity index (χ1) is 15.0. The van der Waals surface area contributed by atoms with E-state index in [9.17, 15) is 19.7 Å². The van der Waals surface area contributed by atoms with E-state index in [0.29, 0.717) is 5.69 Å². The molecule has 1 heterocycles. The molecule has 0 unspecified atom stereocenters. The average molecular weight is 425 g/mol. The van der Waals surface area contributed by atoms with E-state index >= 15 is 0 Å². The van der Waals surface area contributed by atoms with Crippen LogP contribution in [0.15, 0.2) is 54.6 Å². The van der Waals surface area contributed by atoms with Gasteiger partial charge in [0, 0.05) is 37.5 Å². The largest absolute Gasteiger partial charge is 0.452 e. The second kappa shape index (κ2) is 11.0. The van der Waals surface area contributed by atoms with Crippen molar-refractivity contribution in [3.63, 3.8) is 0 Å². The van der Waals surface area contributed by atoms with Gasteiger partial charge in [0.05, 0.1) is 23.7 Å². The maximum absolute atomic E-state index is 12.0. The quantitative estimate of drug-likeness (QED) is 0.299. The van der Waals surface area contributed by atoms with Gasteiger partial charge in [0.1, 0.15) is 0 Å². The van der Waals surface area contributed by atoms with Gasteiger partial charge in [-0.1, -0.05) is 24.3 Å². The van der Waals surface area contributed by atoms with Gasteiger partial charge in [-0.2, -0.15) is 0 Å². The number of nitrogens with one attached hydrogen (secondary N) is 1. The van der Waals surface area contributed by atoms with E-state index in [1.54, 1.807) is 18.2 Å². The lowest BCUT2D eigenvalue weighted by molar-refractivity contribution is -0.385. The number of hydrogen-bond acceptors (Lipinski definition) is 7. The summed E-state index contributed by atoms with van der Waals surface area (Å²) in [5.74, 6) is -1.25. The van der Waals surface area contributed by atoms with Crippen molar-refractivity contribution >= 4 is 29.3 Å². The van der Waals surface area contributed by atoms with Gasteiger partial charge in [0.25, 0.3) is 11.6 Å². The molecule has 0 aromatic heterocycles. The number of carbonyl (C=O) groups is 2. The second-order valence-corrected chi connectivity index (χ2v) is 6.89. The number of carbonyl (C=O) groups excluding carboxylic acids is 2. The Morgan fingerprint density at radius 1 is 1.13 bits per heavy atom. The predicted molar refractivity (Wildman–Crippen MR) is 114 cm³/mol. The van der Waals surface area contributed by atoms with E-state index in [-0.39, 0.29) is 11.3 Å².